The first-order chi connectivity index (χ1) is 9.43. The van der Waals surface area contributed by atoms with Crippen LogP contribution in [0.2, 0.25) is 0 Å². The van der Waals surface area contributed by atoms with Gasteiger partial charge < -0.3 is 5.32 Å². The van der Waals surface area contributed by atoms with Crippen LogP contribution in [-0.2, 0) is 9.84 Å². The summed E-state index contributed by atoms with van der Waals surface area (Å²) in [5.41, 5.74) is 1.89. The van der Waals surface area contributed by atoms with E-state index in [1.165, 1.54) is 12.1 Å². The quantitative estimate of drug-likeness (QED) is 0.909. The molecule has 0 aliphatic carbocycles. The number of hydrogen-bond acceptors (Lipinski definition) is 3. The van der Waals surface area contributed by atoms with Gasteiger partial charge in [0.1, 0.15) is 5.82 Å². The number of nitrogens with one attached hydrogen (secondary N) is 1. The maximum absolute atomic E-state index is 13.2. The zero-order valence-corrected chi connectivity index (χ0v) is 12.8. The summed E-state index contributed by atoms with van der Waals surface area (Å²) in [6.45, 7) is 4.79. The van der Waals surface area contributed by atoms with E-state index >= 15 is 0 Å². The van der Waals surface area contributed by atoms with Crippen molar-refractivity contribution in [1.29, 1.82) is 0 Å². The summed E-state index contributed by atoms with van der Waals surface area (Å²) in [5.74, 6) is 0.322. The minimum absolute atomic E-state index is 0.00664. The first-order valence-electron chi connectivity index (χ1n) is 7.13. The Labute approximate surface area is 120 Å². The molecule has 3 nitrogen and oxygen atoms in total. The molecule has 0 aromatic heterocycles. The van der Waals surface area contributed by atoms with E-state index in [2.05, 4.69) is 12.2 Å². The van der Waals surface area contributed by atoms with Crippen molar-refractivity contribution in [2.45, 2.75) is 32.7 Å². The maximum Gasteiger partial charge on any atom is 0.150 e. The molecule has 1 aliphatic heterocycles. The average molecular weight is 299 g/mol. The van der Waals surface area contributed by atoms with Crippen LogP contribution in [0.25, 0.3) is 0 Å². The second kappa shape index (κ2) is 6.22. The number of aryl methyl sites for hydroxylation is 1. The normalized spacial score (nSPS) is 22.9. The minimum Gasteiger partial charge on any atom is -0.310 e. The van der Waals surface area contributed by atoms with Crippen LogP contribution in [0.4, 0.5) is 4.39 Å². The van der Waals surface area contributed by atoms with Gasteiger partial charge in [-0.2, -0.15) is 0 Å². The van der Waals surface area contributed by atoms with Crippen molar-refractivity contribution in [3.8, 4) is 0 Å². The lowest BCUT2D eigenvalue weighted by Crippen LogP contribution is -2.30. The SMILES string of the molecule is CCCNC(c1ccc(F)cc1C)C1CCS(=O)(=O)C1. The lowest BCUT2D eigenvalue weighted by molar-refractivity contribution is 0.391. The van der Waals surface area contributed by atoms with Crippen LogP contribution in [0.15, 0.2) is 18.2 Å². The van der Waals surface area contributed by atoms with E-state index in [1.807, 2.05) is 6.92 Å². The highest BCUT2D eigenvalue weighted by Crippen LogP contribution is 2.33. The molecule has 1 fully saturated rings. The van der Waals surface area contributed by atoms with E-state index in [0.717, 1.165) is 24.1 Å². The van der Waals surface area contributed by atoms with Crippen LogP contribution in [-0.4, -0.2) is 26.5 Å². The Balaban J connectivity index is 2.27. The molecule has 1 N–H and O–H groups in total. The molecule has 0 amide bonds. The van der Waals surface area contributed by atoms with Crippen molar-refractivity contribution in [1.82, 2.24) is 5.32 Å². The Bertz CT molecular complexity index is 571. The van der Waals surface area contributed by atoms with Crippen molar-refractivity contribution >= 4 is 9.84 Å². The lowest BCUT2D eigenvalue weighted by atomic mass is 9.89. The number of rotatable bonds is 5. The highest BCUT2D eigenvalue weighted by atomic mass is 32.2. The second-order valence-corrected chi connectivity index (χ2v) is 7.82. The zero-order valence-electron chi connectivity index (χ0n) is 12.0. The third kappa shape index (κ3) is 3.58. The van der Waals surface area contributed by atoms with Gasteiger partial charge in [0.25, 0.3) is 0 Å². The second-order valence-electron chi connectivity index (χ2n) is 5.60. The first kappa shape index (κ1) is 15.4. The van der Waals surface area contributed by atoms with Crippen LogP contribution in [0.1, 0.15) is 36.9 Å². The van der Waals surface area contributed by atoms with Crippen LogP contribution in [0.3, 0.4) is 0 Å². The lowest BCUT2D eigenvalue weighted by Gasteiger charge is -2.26. The molecule has 1 saturated heterocycles. The molecule has 0 radical (unpaired) electrons. The van der Waals surface area contributed by atoms with Gasteiger partial charge in [-0.25, -0.2) is 12.8 Å². The van der Waals surface area contributed by atoms with Gasteiger partial charge in [-0.05, 0) is 55.5 Å². The van der Waals surface area contributed by atoms with Gasteiger partial charge in [0.2, 0.25) is 0 Å². The molecule has 2 rings (SSSR count). The van der Waals surface area contributed by atoms with Gasteiger partial charge in [-0.15, -0.1) is 0 Å². The molecule has 5 heteroatoms. The molecule has 20 heavy (non-hydrogen) atoms. The monoisotopic (exact) mass is 299 g/mol. The van der Waals surface area contributed by atoms with Crippen LogP contribution >= 0.6 is 0 Å². The molecule has 1 aromatic rings. The Hall–Kier alpha value is -0.940. The molecule has 0 spiro atoms. The molecule has 1 aliphatic rings. The van der Waals surface area contributed by atoms with Crippen molar-refractivity contribution in [2.24, 2.45) is 5.92 Å². The molecular weight excluding hydrogens is 277 g/mol. The molecule has 1 aromatic carbocycles. The Morgan fingerprint density at radius 1 is 1.45 bits per heavy atom. The predicted molar refractivity (Wildman–Crippen MR) is 78.9 cm³/mol. The van der Waals surface area contributed by atoms with Gasteiger partial charge in [-0.3, -0.25) is 0 Å². The van der Waals surface area contributed by atoms with Crippen LogP contribution < -0.4 is 5.32 Å². The van der Waals surface area contributed by atoms with Crippen LogP contribution in [0.5, 0.6) is 0 Å². The van der Waals surface area contributed by atoms with E-state index in [4.69, 9.17) is 0 Å². The molecule has 0 bridgehead atoms. The van der Waals surface area contributed by atoms with Gasteiger partial charge in [0.05, 0.1) is 11.5 Å². The Morgan fingerprint density at radius 3 is 2.75 bits per heavy atom. The smallest absolute Gasteiger partial charge is 0.150 e. The van der Waals surface area contributed by atoms with E-state index in [1.54, 1.807) is 6.07 Å². The van der Waals surface area contributed by atoms with Gasteiger partial charge in [0, 0.05) is 6.04 Å². The van der Waals surface area contributed by atoms with E-state index in [0.29, 0.717) is 6.42 Å². The van der Waals surface area contributed by atoms with E-state index in [9.17, 15) is 12.8 Å². The number of halogens is 1. The third-order valence-electron chi connectivity index (χ3n) is 3.92. The molecule has 1 heterocycles. The summed E-state index contributed by atoms with van der Waals surface area (Å²) in [4.78, 5) is 0. The van der Waals surface area contributed by atoms with Gasteiger partial charge in [0.15, 0.2) is 9.84 Å². The fourth-order valence-electron chi connectivity index (χ4n) is 2.91. The van der Waals surface area contributed by atoms with Crippen molar-refractivity contribution in [3.63, 3.8) is 0 Å². The molecule has 2 unspecified atom stereocenters. The van der Waals surface area contributed by atoms with Gasteiger partial charge >= 0.3 is 0 Å². The Morgan fingerprint density at radius 2 is 2.20 bits per heavy atom. The molecule has 112 valence electrons. The first-order valence-corrected chi connectivity index (χ1v) is 8.95. The average Bonchev–Trinajstić information content (AvgIpc) is 2.72. The van der Waals surface area contributed by atoms with Crippen LogP contribution in [0, 0.1) is 18.7 Å². The van der Waals surface area contributed by atoms with E-state index in [-0.39, 0.29) is 29.3 Å². The summed E-state index contributed by atoms with van der Waals surface area (Å²) in [5, 5.41) is 3.44. The van der Waals surface area contributed by atoms with Crippen molar-refractivity contribution in [2.75, 3.05) is 18.1 Å². The molecular formula is C15H22FNO2S. The van der Waals surface area contributed by atoms with E-state index < -0.39 is 9.84 Å². The number of benzene rings is 1. The molecule has 0 saturated carbocycles. The zero-order chi connectivity index (χ0) is 14.8. The minimum atomic E-state index is -2.91. The fraction of sp³-hybridized carbons (Fsp3) is 0.600. The maximum atomic E-state index is 13.2. The summed E-state index contributed by atoms with van der Waals surface area (Å²) < 4.78 is 36.7. The standard InChI is InChI=1S/C15H22FNO2S/c1-3-7-17-15(12-6-8-20(18,19)10-12)14-5-4-13(16)9-11(14)2/h4-5,9,12,15,17H,3,6-8,10H2,1-2H3. The largest absolute Gasteiger partial charge is 0.310 e. The summed E-state index contributed by atoms with van der Waals surface area (Å²) in [6, 6.07) is 4.74. The predicted octanol–water partition coefficient (Wildman–Crippen LogP) is 2.61. The number of hydrogen-bond donors (Lipinski definition) is 1. The highest BCUT2D eigenvalue weighted by Gasteiger charge is 2.34. The number of sulfone groups is 1. The Kier molecular flexibility index (Phi) is 4.81. The topological polar surface area (TPSA) is 46.2 Å². The summed E-state index contributed by atoms with van der Waals surface area (Å²) >= 11 is 0. The summed E-state index contributed by atoms with van der Waals surface area (Å²) in [7, 11) is -2.91. The summed E-state index contributed by atoms with van der Waals surface area (Å²) in [6.07, 6.45) is 1.66. The van der Waals surface area contributed by atoms with Crippen molar-refractivity contribution in [3.05, 3.63) is 35.1 Å². The fourth-order valence-corrected chi connectivity index (χ4v) is 4.75. The molecule has 2 atom stereocenters. The highest BCUT2D eigenvalue weighted by molar-refractivity contribution is 7.91. The third-order valence-corrected chi connectivity index (χ3v) is 5.71. The van der Waals surface area contributed by atoms with Crippen molar-refractivity contribution < 1.29 is 12.8 Å². The van der Waals surface area contributed by atoms with Gasteiger partial charge in [-0.1, -0.05) is 13.0 Å².